The van der Waals surface area contributed by atoms with Gasteiger partial charge >= 0.3 is 0 Å². The van der Waals surface area contributed by atoms with Gasteiger partial charge in [0.05, 0.1) is 0 Å². The van der Waals surface area contributed by atoms with Gasteiger partial charge in [-0.25, -0.2) is 4.98 Å². The van der Waals surface area contributed by atoms with Gasteiger partial charge in [-0.15, -0.1) is 0 Å². The largest absolute Gasteiger partial charge is 0.353 e. The molecule has 0 amide bonds. The summed E-state index contributed by atoms with van der Waals surface area (Å²) < 4.78 is 0. The Morgan fingerprint density at radius 3 is 2.78 bits per heavy atom. The molecule has 2 atom stereocenters. The van der Waals surface area contributed by atoms with E-state index in [1.54, 1.807) is 0 Å². The standard InChI is InChI=1S/C14H24N4/c1-11-10-17(3)7-4-8-18(11)14-6-5-13(9-16-14)12(2)15/h5-6,9,11-12H,4,7-8,10,15H2,1-3H3/t11?,12-/m1/s1. The van der Waals surface area contributed by atoms with E-state index in [-0.39, 0.29) is 6.04 Å². The van der Waals surface area contributed by atoms with Gasteiger partial charge in [-0.1, -0.05) is 6.07 Å². The zero-order valence-electron chi connectivity index (χ0n) is 11.6. The van der Waals surface area contributed by atoms with Crippen molar-refractivity contribution in [2.75, 3.05) is 31.6 Å². The van der Waals surface area contributed by atoms with Crippen molar-refractivity contribution in [3.05, 3.63) is 23.9 Å². The highest BCUT2D eigenvalue weighted by atomic mass is 15.3. The molecule has 2 heterocycles. The predicted molar refractivity (Wildman–Crippen MR) is 75.8 cm³/mol. The first-order chi connectivity index (χ1) is 8.58. The summed E-state index contributed by atoms with van der Waals surface area (Å²) in [5.74, 6) is 1.07. The summed E-state index contributed by atoms with van der Waals surface area (Å²) in [6, 6.07) is 4.75. The normalized spacial score (nSPS) is 23.8. The number of anilines is 1. The van der Waals surface area contributed by atoms with Crippen LogP contribution in [-0.4, -0.2) is 42.6 Å². The minimum atomic E-state index is 0.0549. The van der Waals surface area contributed by atoms with E-state index in [0.717, 1.165) is 24.5 Å². The maximum absolute atomic E-state index is 5.85. The van der Waals surface area contributed by atoms with Crippen molar-refractivity contribution in [3.8, 4) is 0 Å². The lowest BCUT2D eigenvalue weighted by Crippen LogP contribution is -2.38. The van der Waals surface area contributed by atoms with Crippen LogP contribution in [0.2, 0.25) is 0 Å². The van der Waals surface area contributed by atoms with E-state index in [2.05, 4.69) is 40.9 Å². The number of aromatic nitrogens is 1. The molecule has 0 radical (unpaired) electrons. The van der Waals surface area contributed by atoms with E-state index in [1.165, 1.54) is 13.0 Å². The molecule has 4 heteroatoms. The number of rotatable bonds is 2. The molecular weight excluding hydrogens is 224 g/mol. The fraction of sp³-hybridized carbons (Fsp3) is 0.643. The molecule has 1 saturated heterocycles. The molecule has 1 fully saturated rings. The van der Waals surface area contributed by atoms with Crippen molar-refractivity contribution >= 4 is 5.82 Å². The Bertz CT molecular complexity index is 374. The molecule has 2 rings (SSSR count). The van der Waals surface area contributed by atoms with E-state index < -0.39 is 0 Å². The molecule has 18 heavy (non-hydrogen) atoms. The third-order valence-electron chi connectivity index (χ3n) is 3.64. The van der Waals surface area contributed by atoms with Crippen molar-refractivity contribution in [1.29, 1.82) is 0 Å². The minimum Gasteiger partial charge on any atom is -0.353 e. The zero-order valence-corrected chi connectivity index (χ0v) is 11.6. The highest BCUT2D eigenvalue weighted by Crippen LogP contribution is 2.19. The minimum absolute atomic E-state index is 0.0549. The Morgan fingerprint density at radius 1 is 1.39 bits per heavy atom. The van der Waals surface area contributed by atoms with Gasteiger partial charge in [-0.05, 0) is 45.5 Å². The zero-order chi connectivity index (χ0) is 13.1. The van der Waals surface area contributed by atoms with Crippen LogP contribution in [0.3, 0.4) is 0 Å². The summed E-state index contributed by atoms with van der Waals surface area (Å²) in [5.41, 5.74) is 6.95. The molecule has 0 aromatic carbocycles. The van der Waals surface area contributed by atoms with Gasteiger partial charge in [0, 0.05) is 31.4 Å². The number of nitrogens with two attached hydrogens (primary N) is 1. The average Bonchev–Trinajstić information content (AvgIpc) is 2.50. The molecule has 1 unspecified atom stereocenters. The second kappa shape index (κ2) is 5.67. The molecule has 0 bridgehead atoms. The Labute approximate surface area is 110 Å². The van der Waals surface area contributed by atoms with Crippen LogP contribution in [0.5, 0.6) is 0 Å². The maximum Gasteiger partial charge on any atom is 0.128 e. The average molecular weight is 248 g/mol. The van der Waals surface area contributed by atoms with Crippen LogP contribution in [0.15, 0.2) is 18.3 Å². The smallest absolute Gasteiger partial charge is 0.128 e. The highest BCUT2D eigenvalue weighted by Gasteiger charge is 2.20. The SMILES string of the molecule is CC1CN(C)CCCN1c1ccc([C@@H](C)N)cn1. The van der Waals surface area contributed by atoms with Crippen molar-refractivity contribution < 1.29 is 0 Å². The monoisotopic (exact) mass is 248 g/mol. The Morgan fingerprint density at radius 2 is 2.17 bits per heavy atom. The first-order valence-corrected chi connectivity index (χ1v) is 6.74. The van der Waals surface area contributed by atoms with Crippen LogP contribution in [0.25, 0.3) is 0 Å². The molecule has 1 aromatic rings. The summed E-state index contributed by atoms with van der Waals surface area (Å²) >= 11 is 0. The van der Waals surface area contributed by atoms with Crippen LogP contribution in [0.4, 0.5) is 5.82 Å². The van der Waals surface area contributed by atoms with Gasteiger partial charge in [0.15, 0.2) is 0 Å². The number of hydrogen-bond donors (Lipinski definition) is 1. The third-order valence-corrected chi connectivity index (χ3v) is 3.64. The van der Waals surface area contributed by atoms with E-state index in [1.807, 2.05) is 13.1 Å². The molecular formula is C14H24N4. The number of pyridine rings is 1. The first kappa shape index (κ1) is 13.3. The second-order valence-electron chi connectivity index (χ2n) is 5.40. The molecule has 4 nitrogen and oxygen atoms in total. The fourth-order valence-corrected chi connectivity index (χ4v) is 2.55. The van der Waals surface area contributed by atoms with Crippen LogP contribution < -0.4 is 10.6 Å². The first-order valence-electron chi connectivity index (χ1n) is 6.74. The van der Waals surface area contributed by atoms with Gasteiger partial charge in [0.2, 0.25) is 0 Å². The predicted octanol–water partition coefficient (Wildman–Crippen LogP) is 1.63. The van der Waals surface area contributed by atoms with E-state index in [9.17, 15) is 0 Å². The lowest BCUT2D eigenvalue weighted by molar-refractivity contribution is 0.337. The second-order valence-corrected chi connectivity index (χ2v) is 5.40. The molecule has 1 aromatic heterocycles. The fourth-order valence-electron chi connectivity index (χ4n) is 2.55. The molecule has 1 aliphatic heterocycles. The lowest BCUT2D eigenvalue weighted by Gasteiger charge is -2.29. The van der Waals surface area contributed by atoms with Gasteiger partial charge in [-0.3, -0.25) is 0 Å². The van der Waals surface area contributed by atoms with Crippen molar-refractivity contribution in [2.45, 2.75) is 32.4 Å². The maximum atomic E-state index is 5.85. The van der Waals surface area contributed by atoms with Crippen LogP contribution in [0.1, 0.15) is 31.9 Å². The summed E-state index contributed by atoms with van der Waals surface area (Å²) in [6.45, 7) is 7.59. The van der Waals surface area contributed by atoms with Gasteiger partial charge in [-0.2, -0.15) is 0 Å². The van der Waals surface area contributed by atoms with Gasteiger partial charge < -0.3 is 15.5 Å². The number of hydrogen-bond acceptors (Lipinski definition) is 4. The van der Waals surface area contributed by atoms with E-state index in [4.69, 9.17) is 5.73 Å². The number of nitrogens with zero attached hydrogens (tertiary/aromatic N) is 3. The molecule has 0 aliphatic carbocycles. The third kappa shape index (κ3) is 3.00. The number of likely N-dealkylation sites (N-methyl/N-ethyl adjacent to an activating group) is 1. The molecule has 2 N–H and O–H groups in total. The van der Waals surface area contributed by atoms with Crippen LogP contribution >= 0.6 is 0 Å². The summed E-state index contributed by atoms with van der Waals surface area (Å²) in [5, 5.41) is 0. The molecule has 100 valence electrons. The summed E-state index contributed by atoms with van der Waals surface area (Å²) in [4.78, 5) is 9.36. The van der Waals surface area contributed by atoms with Crippen LogP contribution in [0, 0.1) is 0 Å². The summed E-state index contributed by atoms with van der Waals surface area (Å²) in [7, 11) is 2.19. The topological polar surface area (TPSA) is 45.4 Å². The quantitative estimate of drug-likeness (QED) is 0.864. The molecule has 0 spiro atoms. The van der Waals surface area contributed by atoms with Crippen LogP contribution in [-0.2, 0) is 0 Å². The van der Waals surface area contributed by atoms with Crippen molar-refractivity contribution in [2.24, 2.45) is 5.73 Å². The van der Waals surface area contributed by atoms with E-state index >= 15 is 0 Å². The lowest BCUT2D eigenvalue weighted by atomic mass is 10.1. The van der Waals surface area contributed by atoms with Crippen molar-refractivity contribution in [1.82, 2.24) is 9.88 Å². The van der Waals surface area contributed by atoms with E-state index in [0.29, 0.717) is 6.04 Å². The molecule has 1 aliphatic rings. The van der Waals surface area contributed by atoms with Crippen molar-refractivity contribution in [3.63, 3.8) is 0 Å². The Balaban J connectivity index is 2.14. The Hall–Kier alpha value is -1.13. The van der Waals surface area contributed by atoms with Gasteiger partial charge in [0.25, 0.3) is 0 Å². The van der Waals surface area contributed by atoms with Gasteiger partial charge in [0.1, 0.15) is 5.82 Å². The Kier molecular flexibility index (Phi) is 4.19. The molecule has 0 saturated carbocycles. The highest BCUT2D eigenvalue weighted by molar-refractivity contribution is 5.41. The summed E-state index contributed by atoms with van der Waals surface area (Å²) in [6.07, 6.45) is 3.10.